The van der Waals surface area contributed by atoms with Crippen molar-refractivity contribution < 1.29 is 8.42 Å². The maximum atomic E-state index is 11.4. The van der Waals surface area contributed by atoms with Gasteiger partial charge in [-0.2, -0.15) is 0 Å². The highest BCUT2D eigenvalue weighted by atomic mass is 79.9. The van der Waals surface area contributed by atoms with E-state index in [0.717, 1.165) is 15.7 Å². The molecule has 2 rings (SSSR count). The van der Waals surface area contributed by atoms with Crippen molar-refractivity contribution in [3.05, 3.63) is 27.2 Å². The first-order chi connectivity index (χ1) is 8.37. The fraction of sp³-hybridized carbons (Fsp3) is 0.500. The molecule has 1 heterocycles. The van der Waals surface area contributed by atoms with E-state index in [0.29, 0.717) is 17.9 Å². The molecule has 0 aliphatic carbocycles. The van der Waals surface area contributed by atoms with Gasteiger partial charge in [0.15, 0.2) is 0 Å². The first-order valence-corrected chi connectivity index (χ1v) is 8.79. The van der Waals surface area contributed by atoms with Crippen molar-refractivity contribution in [2.45, 2.75) is 25.8 Å². The third-order valence-electron chi connectivity index (χ3n) is 3.16. The summed E-state index contributed by atoms with van der Waals surface area (Å²) in [5.74, 6) is 0.532. The van der Waals surface area contributed by atoms with Crippen LogP contribution in [0, 0.1) is 6.92 Å². The Labute approximate surface area is 121 Å². The minimum atomic E-state index is -2.81. The molecule has 0 radical (unpaired) electrons. The van der Waals surface area contributed by atoms with Crippen molar-refractivity contribution in [1.29, 1.82) is 0 Å². The largest absolute Gasteiger partial charge is 0.381 e. The maximum absolute atomic E-state index is 11.4. The molecule has 1 aromatic carbocycles. The van der Waals surface area contributed by atoms with Gasteiger partial charge in [0, 0.05) is 15.5 Å². The summed E-state index contributed by atoms with van der Waals surface area (Å²) in [6.07, 6.45) is 1.31. The summed E-state index contributed by atoms with van der Waals surface area (Å²) in [6.45, 7) is 1.95. The number of hydrogen-bond acceptors (Lipinski definition) is 3. The molecule has 0 spiro atoms. The average molecular weight is 353 g/mol. The average Bonchev–Trinajstić information content (AvgIpc) is 2.28. The second kappa shape index (κ2) is 5.39. The Balaban J connectivity index is 2.09. The van der Waals surface area contributed by atoms with Crippen molar-refractivity contribution >= 4 is 43.1 Å². The van der Waals surface area contributed by atoms with E-state index in [9.17, 15) is 8.42 Å². The molecule has 1 N–H and O–H groups in total. The first-order valence-electron chi connectivity index (χ1n) is 5.80. The second-order valence-electron chi connectivity index (χ2n) is 4.65. The fourth-order valence-corrected chi connectivity index (χ4v) is 4.24. The summed E-state index contributed by atoms with van der Waals surface area (Å²) in [5.41, 5.74) is 1.94. The lowest BCUT2D eigenvalue weighted by molar-refractivity contribution is 0.559. The lowest BCUT2D eigenvalue weighted by Crippen LogP contribution is -2.32. The summed E-state index contributed by atoms with van der Waals surface area (Å²) < 4.78 is 23.7. The Kier molecular flexibility index (Phi) is 4.24. The molecule has 1 aliphatic rings. The van der Waals surface area contributed by atoms with Gasteiger partial charge in [0.1, 0.15) is 9.84 Å². The predicted molar refractivity (Wildman–Crippen MR) is 79.2 cm³/mol. The summed E-state index contributed by atoms with van der Waals surface area (Å²) in [4.78, 5) is 0. The number of nitrogens with one attached hydrogen (secondary N) is 1. The Bertz CT molecular complexity index is 545. The summed E-state index contributed by atoms with van der Waals surface area (Å²) in [6, 6.07) is 4.04. The standard InChI is InChI=1S/C12H15BrClNO2S/c1-8-6-10(13)12(7-11(8)14)15-9-2-4-18(16,17)5-3-9/h6-7,9,15H,2-5H2,1H3. The van der Waals surface area contributed by atoms with E-state index in [2.05, 4.69) is 21.2 Å². The molecule has 0 bridgehead atoms. The number of benzene rings is 1. The number of hydrogen-bond donors (Lipinski definition) is 1. The van der Waals surface area contributed by atoms with Crippen molar-refractivity contribution in [3.8, 4) is 0 Å². The number of halogens is 2. The highest BCUT2D eigenvalue weighted by Crippen LogP contribution is 2.30. The Morgan fingerprint density at radius 2 is 1.94 bits per heavy atom. The van der Waals surface area contributed by atoms with Gasteiger partial charge in [-0.25, -0.2) is 8.42 Å². The van der Waals surface area contributed by atoms with Gasteiger partial charge in [-0.3, -0.25) is 0 Å². The Morgan fingerprint density at radius 1 is 1.33 bits per heavy atom. The maximum Gasteiger partial charge on any atom is 0.150 e. The van der Waals surface area contributed by atoms with E-state index in [1.54, 1.807) is 0 Å². The lowest BCUT2D eigenvalue weighted by atomic mass is 10.1. The van der Waals surface area contributed by atoms with Gasteiger partial charge in [0.25, 0.3) is 0 Å². The zero-order chi connectivity index (χ0) is 13.3. The highest BCUT2D eigenvalue weighted by Gasteiger charge is 2.23. The van der Waals surface area contributed by atoms with Crippen molar-refractivity contribution in [2.75, 3.05) is 16.8 Å². The molecule has 1 fully saturated rings. The minimum Gasteiger partial charge on any atom is -0.381 e. The van der Waals surface area contributed by atoms with E-state index < -0.39 is 9.84 Å². The smallest absolute Gasteiger partial charge is 0.150 e. The SMILES string of the molecule is Cc1cc(Br)c(NC2CCS(=O)(=O)CC2)cc1Cl. The predicted octanol–water partition coefficient (Wildman–Crippen LogP) is 3.40. The fourth-order valence-electron chi connectivity index (χ4n) is 2.01. The molecule has 0 amide bonds. The first kappa shape index (κ1) is 14.2. The number of anilines is 1. The summed E-state index contributed by atoms with van der Waals surface area (Å²) in [5, 5.41) is 4.07. The van der Waals surface area contributed by atoms with Crippen molar-refractivity contribution in [3.63, 3.8) is 0 Å². The highest BCUT2D eigenvalue weighted by molar-refractivity contribution is 9.10. The van der Waals surface area contributed by atoms with Gasteiger partial charge in [0.2, 0.25) is 0 Å². The van der Waals surface area contributed by atoms with E-state index in [1.165, 1.54) is 0 Å². The van der Waals surface area contributed by atoms with Crippen LogP contribution in [-0.2, 0) is 9.84 Å². The van der Waals surface area contributed by atoms with Crippen LogP contribution in [0.5, 0.6) is 0 Å². The van der Waals surface area contributed by atoms with Crippen LogP contribution in [0.15, 0.2) is 16.6 Å². The lowest BCUT2D eigenvalue weighted by Gasteiger charge is -2.24. The number of sulfone groups is 1. The molecule has 0 unspecified atom stereocenters. The number of aryl methyl sites for hydroxylation is 1. The van der Waals surface area contributed by atoms with Crippen LogP contribution in [0.25, 0.3) is 0 Å². The Hall–Kier alpha value is -0.260. The molecule has 1 aromatic rings. The molecular weight excluding hydrogens is 338 g/mol. The molecule has 1 aliphatic heterocycles. The topological polar surface area (TPSA) is 46.2 Å². The third kappa shape index (κ3) is 3.39. The molecule has 0 atom stereocenters. The molecule has 0 aromatic heterocycles. The van der Waals surface area contributed by atoms with Gasteiger partial charge >= 0.3 is 0 Å². The van der Waals surface area contributed by atoms with E-state index >= 15 is 0 Å². The zero-order valence-corrected chi connectivity index (χ0v) is 13.2. The van der Waals surface area contributed by atoms with Gasteiger partial charge in [-0.15, -0.1) is 0 Å². The van der Waals surface area contributed by atoms with Crippen LogP contribution in [0.1, 0.15) is 18.4 Å². The number of rotatable bonds is 2. The van der Waals surface area contributed by atoms with Crippen molar-refractivity contribution in [2.24, 2.45) is 0 Å². The molecular formula is C12H15BrClNO2S. The summed E-state index contributed by atoms with van der Waals surface area (Å²) in [7, 11) is -2.81. The Morgan fingerprint density at radius 3 is 2.56 bits per heavy atom. The van der Waals surface area contributed by atoms with E-state index in [4.69, 9.17) is 11.6 Å². The summed E-state index contributed by atoms with van der Waals surface area (Å²) >= 11 is 9.58. The minimum absolute atomic E-state index is 0.198. The molecule has 6 heteroatoms. The van der Waals surface area contributed by atoms with Gasteiger partial charge in [-0.05, 0) is 53.4 Å². The van der Waals surface area contributed by atoms with Crippen molar-refractivity contribution in [1.82, 2.24) is 0 Å². The van der Waals surface area contributed by atoms with Crippen LogP contribution in [0.3, 0.4) is 0 Å². The van der Waals surface area contributed by atoms with Gasteiger partial charge < -0.3 is 5.32 Å². The van der Waals surface area contributed by atoms with Crippen LogP contribution >= 0.6 is 27.5 Å². The molecule has 18 heavy (non-hydrogen) atoms. The monoisotopic (exact) mass is 351 g/mol. The van der Waals surface area contributed by atoms with E-state index in [-0.39, 0.29) is 17.5 Å². The molecule has 3 nitrogen and oxygen atoms in total. The third-order valence-corrected chi connectivity index (χ3v) is 5.94. The molecule has 0 saturated carbocycles. The second-order valence-corrected chi connectivity index (χ2v) is 8.22. The van der Waals surface area contributed by atoms with Crippen LogP contribution in [0.2, 0.25) is 5.02 Å². The van der Waals surface area contributed by atoms with E-state index in [1.807, 2.05) is 19.1 Å². The van der Waals surface area contributed by atoms with Gasteiger partial charge in [0.05, 0.1) is 17.2 Å². The van der Waals surface area contributed by atoms with Crippen LogP contribution in [-0.4, -0.2) is 26.0 Å². The molecule has 1 saturated heterocycles. The van der Waals surface area contributed by atoms with Crippen LogP contribution in [0.4, 0.5) is 5.69 Å². The normalized spacial score (nSPS) is 19.7. The van der Waals surface area contributed by atoms with Crippen LogP contribution < -0.4 is 5.32 Å². The van der Waals surface area contributed by atoms with Gasteiger partial charge in [-0.1, -0.05) is 11.6 Å². The molecule has 100 valence electrons. The zero-order valence-electron chi connectivity index (χ0n) is 10.0. The quantitative estimate of drug-likeness (QED) is 0.887.